The lowest BCUT2D eigenvalue weighted by Gasteiger charge is -2.37. The van der Waals surface area contributed by atoms with Crippen molar-refractivity contribution in [2.75, 3.05) is 0 Å². The number of carboxylic acids is 1. The molecule has 15 heteroatoms. The lowest BCUT2D eigenvalue weighted by Crippen LogP contribution is -2.64. The zero-order chi connectivity index (χ0) is 31.3. The van der Waals surface area contributed by atoms with Crippen LogP contribution in [0.4, 0.5) is 22.4 Å². The van der Waals surface area contributed by atoms with Crippen molar-refractivity contribution < 1.29 is 46.6 Å². The maximum Gasteiger partial charge on any atom is 0.406 e. The molecule has 2 aromatic carbocycles. The van der Waals surface area contributed by atoms with E-state index in [9.17, 15) is 41.5 Å². The maximum absolute atomic E-state index is 14.3. The largest absolute Gasteiger partial charge is 0.480 e. The second-order valence-corrected chi connectivity index (χ2v) is 10.5. The van der Waals surface area contributed by atoms with Crippen LogP contribution >= 0.6 is 0 Å². The van der Waals surface area contributed by atoms with Gasteiger partial charge in [0.05, 0.1) is 6.20 Å². The fourth-order valence-corrected chi connectivity index (χ4v) is 5.37. The molecule has 0 saturated carbocycles. The van der Waals surface area contributed by atoms with Crippen molar-refractivity contribution in [3.63, 3.8) is 0 Å². The number of rotatable bonds is 9. The number of aldehydes is 1. The summed E-state index contributed by atoms with van der Waals surface area (Å²) in [6.45, 7) is 0.349. The monoisotopic (exact) mass is 601 g/mol. The summed E-state index contributed by atoms with van der Waals surface area (Å²) in [5, 5.41) is 17.4. The number of benzene rings is 2. The molecule has 11 nitrogen and oxygen atoms in total. The van der Waals surface area contributed by atoms with Crippen molar-refractivity contribution in [3.05, 3.63) is 77.4 Å². The summed E-state index contributed by atoms with van der Waals surface area (Å²) >= 11 is 0. The van der Waals surface area contributed by atoms with Gasteiger partial charge in [-0.2, -0.15) is 18.3 Å². The Morgan fingerprint density at radius 2 is 1.86 bits per heavy atom. The molecule has 2 unspecified atom stereocenters. The minimum atomic E-state index is -4.98. The van der Waals surface area contributed by atoms with Gasteiger partial charge in [-0.25, -0.2) is 14.1 Å². The molecule has 43 heavy (non-hydrogen) atoms. The first-order valence-corrected chi connectivity index (χ1v) is 12.8. The highest BCUT2D eigenvalue weighted by molar-refractivity contribution is 6.16. The molecule has 2 heterocycles. The number of carboxylic acid groups (broad SMARTS) is 1. The predicted octanol–water partition coefficient (Wildman–Crippen LogP) is 2.79. The van der Waals surface area contributed by atoms with Gasteiger partial charge in [-0.3, -0.25) is 29.2 Å². The van der Waals surface area contributed by atoms with Crippen molar-refractivity contribution >= 4 is 30.0 Å². The number of halogens is 4. The first-order valence-electron chi connectivity index (χ1n) is 12.8. The molecule has 1 aliphatic carbocycles. The Hall–Kier alpha value is -4.92. The summed E-state index contributed by atoms with van der Waals surface area (Å²) < 4.78 is 57.4. The lowest BCUT2D eigenvalue weighted by molar-refractivity contribution is -0.196. The molecule has 3 N–H and O–H groups in total. The number of amides is 3. The summed E-state index contributed by atoms with van der Waals surface area (Å²) in [7, 11) is 0. The molecule has 1 saturated heterocycles. The van der Waals surface area contributed by atoms with Crippen molar-refractivity contribution in [1.82, 2.24) is 25.3 Å². The van der Waals surface area contributed by atoms with E-state index in [1.807, 2.05) is 0 Å². The molecule has 1 aromatic heterocycles. The Labute approximate surface area is 240 Å². The number of Topliss-reactive ketones (excluding diaryl/α,β-unsaturated/α-hetero) is 1. The van der Waals surface area contributed by atoms with E-state index in [1.165, 1.54) is 35.3 Å². The molecule has 2 aliphatic rings. The molecule has 3 aromatic rings. The van der Waals surface area contributed by atoms with Gasteiger partial charge >= 0.3 is 18.2 Å². The molecule has 0 radical (unpaired) electrons. The fourth-order valence-electron chi connectivity index (χ4n) is 5.37. The first kappa shape index (κ1) is 29.6. The zero-order valence-corrected chi connectivity index (χ0v) is 22.3. The van der Waals surface area contributed by atoms with E-state index in [-0.39, 0.29) is 23.0 Å². The number of aromatic nitrogens is 2. The average Bonchev–Trinajstić information content (AvgIpc) is 3.57. The third-order valence-electron chi connectivity index (χ3n) is 7.56. The highest BCUT2D eigenvalue weighted by Crippen LogP contribution is 2.43. The Morgan fingerprint density at radius 1 is 1.16 bits per heavy atom. The topological polar surface area (TPSA) is 151 Å². The molecular weight excluding hydrogens is 578 g/mol. The Bertz CT molecular complexity index is 1660. The quantitative estimate of drug-likeness (QED) is 0.193. The zero-order valence-electron chi connectivity index (χ0n) is 22.3. The average molecular weight is 602 g/mol. The number of carbonyl (C=O) groups is 5. The summed E-state index contributed by atoms with van der Waals surface area (Å²) in [5.41, 5.74) is -3.63. The summed E-state index contributed by atoms with van der Waals surface area (Å²) in [4.78, 5) is 63.3. The number of alkyl halides is 3. The van der Waals surface area contributed by atoms with Gasteiger partial charge in [-0.1, -0.05) is 24.3 Å². The van der Waals surface area contributed by atoms with Gasteiger partial charge in [-0.15, -0.1) is 0 Å². The number of hydrogen-bond donors (Lipinski definition) is 3. The number of aliphatic carboxylic acids is 1. The minimum absolute atomic E-state index is 0.0132. The van der Waals surface area contributed by atoms with Crippen LogP contribution in [0.5, 0.6) is 0 Å². The number of fused-ring (bicyclic) bond motifs is 2. The highest BCUT2D eigenvalue weighted by Gasteiger charge is 2.61. The van der Waals surface area contributed by atoms with Crippen LogP contribution in [0.3, 0.4) is 0 Å². The smallest absolute Gasteiger partial charge is 0.406 e. The molecular formula is C28H23F4N5O6. The normalized spacial score (nSPS) is 20.2. The van der Waals surface area contributed by atoms with Crippen LogP contribution in [0.1, 0.15) is 34.8 Å². The second kappa shape index (κ2) is 10.4. The van der Waals surface area contributed by atoms with Crippen LogP contribution in [0, 0.1) is 5.82 Å². The molecule has 1 aliphatic heterocycles. The molecule has 1 spiro atoms. The number of imide groups is 1. The third kappa shape index (κ3) is 5.16. The predicted molar refractivity (Wildman–Crippen MR) is 139 cm³/mol. The van der Waals surface area contributed by atoms with Gasteiger partial charge in [0.25, 0.3) is 5.91 Å². The highest BCUT2D eigenvalue weighted by atomic mass is 19.4. The van der Waals surface area contributed by atoms with E-state index in [4.69, 9.17) is 5.11 Å². The molecule has 224 valence electrons. The molecule has 5 rings (SSSR count). The lowest BCUT2D eigenvalue weighted by atomic mass is 9.90. The summed E-state index contributed by atoms with van der Waals surface area (Å²) in [5.74, 6) is -3.41. The Balaban J connectivity index is 1.44. The number of ketones is 1. The van der Waals surface area contributed by atoms with Crippen molar-refractivity contribution in [3.8, 4) is 11.1 Å². The van der Waals surface area contributed by atoms with Gasteiger partial charge in [0.15, 0.2) is 17.6 Å². The van der Waals surface area contributed by atoms with E-state index in [1.54, 1.807) is 0 Å². The van der Waals surface area contributed by atoms with Crippen molar-refractivity contribution in [2.24, 2.45) is 0 Å². The summed E-state index contributed by atoms with van der Waals surface area (Å²) in [6.07, 6.45) is -5.54. The molecule has 0 bridgehead atoms. The minimum Gasteiger partial charge on any atom is -0.480 e. The van der Waals surface area contributed by atoms with Gasteiger partial charge in [-0.05, 0) is 48.2 Å². The Morgan fingerprint density at radius 3 is 2.49 bits per heavy atom. The van der Waals surface area contributed by atoms with Crippen LogP contribution in [0.25, 0.3) is 11.1 Å². The van der Waals surface area contributed by atoms with Crippen LogP contribution < -0.4 is 10.6 Å². The first-order chi connectivity index (χ1) is 20.2. The van der Waals surface area contributed by atoms with Crippen LogP contribution in [0.15, 0.2) is 54.9 Å². The van der Waals surface area contributed by atoms with E-state index in [0.717, 1.165) is 31.2 Å². The fraction of sp³-hybridized carbons (Fsp3) is 0.286. The summed E-state index contributed by atoms with van der Waals surface area (Å²) in [6, 6.07) is 7.43. The van der Waals surface area contributed by atoms with E-state index < -0.39 is 72.3 Å². The second-order valence-electron chi connectivity index (χ2n) is 10.5. The van der Waals surface area contributed by atoms with Gasteiger partial charge in [0.1, 0.15) is 24.1 Å². The SMILES string of the molecule is C[C@@](Cc1ccc(F)cc1)(NC(C=O)N1C(=O)NC2(CC(=O)c3cc(-c4cnn(CC(=O)O)c4)ccc32)C1=O)C(F)(F)F. The molecule has 1 fully saturated rings. The third-order valence-corrected chi connectivity index (χ3v) is 7.56. The number of carbonyl (C=O) groups excluding carboxylic acids is 4. The van der Waals surface area contributed by atoms with Gasteiger partial charge < -0.3 is 10.4 Å². The Kier molecular flexibility index (Phi) is 7.16. The van der Waals surface area contributed by atoms with Crippen LogP contribution in [-0.4, -0.2) is 67.6 Å². The van der Waals surface area contributed by atoms with E-state index >= 15 is 0 Å². The van der Waals surface area contributed by atoms with E-state index in [0.29, 0.717) is 16.0 Å². The maximum atomic E-state index is 14.3. The van der Waals surface area contributed by atoms with E-state index in [2.05, 4.69) is 15.7 Å². The van der Waals surface area contributed by atoms with Crippen LogP contribution in [-0.2, 0) is 32.9 Å². The number of nitrogens with one attached hydrogen (secondary N) is 2. The van der Waals surface area contributed by atoms with Crippen LogP contribution in [0.2, 0.25) is 0 Å². The molecule has 3 amide bonds. The number of hydrogen-bond acceptors (Lipinski definition) is 7. The van der Waals surface area contributed by atoms with Crippen molar-refractivity contribution in [1.29, 1.82) is 0 Å². The molecule has 3 atom stereocenters. The number of urea groups is 1. The van der Waals surface area contributed by atoms with Gasteiger partial charge in [0, 0.05) is 23.7 Å². The van der Waals surface area contributed by atoms with Crippen molar-refractivity contribution in [2.45, 2.75) is 49.7 Å². The van der Waals surface area contributed by atoms with Gasteiger partial charge in [0.2, 0.25) is 0 Å². The number of nitrogens with zero attached hydrogens (tertiary/aromatic N) is 3. The standard InChI is InChI=1S/C28H23F4N5O6/c1-26(28(30,31)32,9-15-2-5-18(29)6-3-15)34-22(14-38)37-24(42)27(35-25(37)43)10-21(39)19-8-16(4-7-20(19)27)17-11-33-36(12-17)13-23(40)41/h2-8,11-12,14,22,34H,9-10,13H2,1H3,(H,35,43)(H,40,41)/t22?,26-,27?/m0/s1.